The fourth-order valence-electron chi connectivity index (χ4n) is 2.93. The van der Waals surface area contributed by atoms with Gasteiger partial charge in [-0.25, -0.2) is 8.42 Å². The summed E-state index contributed by atoms with van der Waals surface area (Å²) in [7, 11) is -2.89. The Hall–Kier alpha value is -0.130. The van der Waals surface area contributed by atoms with Gasteiger partial charge in [-0.15, -0.1) is 0 Å². The van der Waals surface area contributed by atoms with Gasteiger partial charge in [-0.1, -0.05) is 27.7 Å². The first-order valence-electron chi connectivity index (χ1n) is 7.40. The van der Waals surface area contributed by atoms with Crippen LogP contribution >= 0.6 is 0 Å². The maximum atomic E-state index is 11.4. The van der Waals surface area contributed by atoms with Crippen LogP contribution in [-0.2, 0) is 9.84 Å². The molecule has 1 N–H and O–H groups in total. The Bertz CT molecular complexity index is 375. The van der Waals surface area contributed by atoms with Gasteiger partial charge in [0.05, 0.1) is 5.75 Å². The molecule has 19 heavy (non-hydrogen) atoms. The van der Waals surface area contributed by atoms with E-state index in [9.17, 15) is 8.42 Å². The van der Waals surface area contributed by atoms with Crippen LogP contribution in [0.15, 0.2) is 0 Å². The summed E-state index contributed by atoms with van der Waals surface area (Å²) in [6.07, 6.45) is 3.45. The quantitative estimate of drug-likeness (QED) is 0.806. The SMILES string of the molecule is CCC1(CC)CNC(C(C)C)CN1CCS(C)(=O)=O. The fraction of sp³-hybridized carbons (Fsp3) is 1.00. The van der Waals surface area contributed by atoms with Crippen LogP contribution in [0, 0.1) is 5.92 Å². The highest BCUT2D eigenvalue weighted by atomic mass is 32.2. The van der Waals surface area contributed by atoms with E-state index in [0.717, 1.165) is 25.9 Å². The normalized spacial score (nSPS) is 24.8. The Labute approximate surface area is 118 Å². The van der Waals surface area contributed by atoms with Gasteiger partial charge in [0, 0.05) is 37.5 Å². The summed E-state index contributed by atoms with van der Waals surface area (Å²) < 4.78 is 22.9. The average Bonchev–Trinajstić information content (AvgIpc) is 2.34. The zero-order valence-electron chi connectivity index (χ0n) is 13.1. The van der Waals surface area contributed by atoms with Crippen molar-refractivity contribution >= 4 is 9.84 Å². The number of piperazine rings is 1. The summed E-state index contributed by atoms with van der Waals surface area (Å²) in [6, 6.07) is 0.464. The first-order valence-corrected chi connectivity index (χ1v) is 9.46. The summed E-state index contributed by atoms with van der Waals surface area (Å²) >= 11 is 0. The number of nitrogens with one attached hydrogen (secondary N) is 1. The molecule has 0 aromatic carbocycles. The van der Waals surface area contributed by atoms with E-state index in [2.05, 4.69) is 37.9 Å². The van der Waals surface area contributed by atoms with Crippen molar-refractivity contribution in [3.8, 4) is 0 Å². The van der Waals surface area contributed by atoms with Gasteiger partial charge in [-0.3, -0.25) is 4.90 Å². The molecule has 0 aromatic rings. The third-order valence-corrected chi connectivity index (χ3v) is 5.56. The number of hydrogen-bond donors (Lipinski definition) is 1. The molecule has 0 aliphatic carbocycles. The molecule has 1 rings (SSSR count). The molecule has 0 radical (unpaired) electrons. The van der Waals surface area contributed by atoms with Crippen LogP contribution in [0.1, 0.15) is 40.5 Å². The summed E-state index contributed by atoms with van der Waals surface area (Å²) in [5.74, 6) is 0.840. The number of nitrogens with zero attached hydrogens (tertiary/aromatic N) is 1. The smallest absolute Gasteiger partial charge is 0.148 e. The molecule has 0 bridgehead atoms. The van der Waals surface area contributed by atoms with E-state index in [-0.39, 0.29) is 11.3 Å². The van der Waals surface area contributed by atoms with Gasteiger partial charge < -0.3 is 5.32 Å². The van der Waals surface area contributed by atoms with Gasteiger partial charge in [0.25, 0.3) is 0 Å². The Kier molecular flexibility index (Phi) is 5.83. The van der Waals surface area contributed by atoms with Crippen LogP contribution in [-0.4, -0.2) is 56.5 Å². The third-order valence-electron chi connectivity index (χ3n) is 4.63. The summed E-state index contributed by atoms with van der Waals surface area (Å²) in [6.45, 7) is 11.4. The monoisotopic (exact) mass is 290 g/mol. The molecule has 1 saturated heterocycles. The van der Waals surface area contributed by atoms with Gasteiger partial charge in [-0.05, 0) is 18.8 Å². The molecular formula is C14H30N2O2S. The lowest BCUT2D eigenvalue weighted by molar-refractivity contribution is 0.0277. The molecule has 0 aromatic heterocycles. The van der Waals surface area contributed by atoms with Crippen molar-refractivity contribution in [3.05, 3.63) is 0 Å². The van der Waals surface area contributed by atoms with Crippen LogP contribution in [0.3, 0.4) is 0 Å². The Balaban J connectivity index is 2.82. The summed E-state index contributed by atoms with van der Waals surface area (Å²) in [4.78, 5) is 2.41. The highest BCUT2D eigenvalue weighted by Gasteiger charge is 2.39. The molecule has 1 aliphatic heterocycles. The number of rotatable bonds is 6. The van der Waals surface area contributed by atoms with E-state index in [1.807, 2.05) is 0 Å². The van der Waals surface area contributed by atoms with Crippen LogP contribution in [0.5, 0.6) is 0 Å². The second-order valence-corrected chi connectivity index (χ2v) is 8.50. The molecule has 0 saturated carbocycles. The van der Waals surface area contributed by atoms with Gasteiger partial charge >= 0.3 is 0 Å². The fourth-order valence-corrected chi connectivity index (χ4v) is 3.48. The van der Waals surface area contributed by atoms with Crippen molar-refractivity contribution < 1.29 is 8.42 Å². The van der Waals surface area contributed by atoms with E-state index in [0.29, 0.717) is 18.5 Å². The van der Waals surface area contributed by atoms with Crippen molar-refractivity contribution in [2.75, 3.05) is 31.6 Å². The molecule has 4 nitrogen and oxygen atoms in total. The van der Waals surface area contributed by atoms with E-state index >= 15 is 0 Å². The molecule has 1 aliphatic rings. The van der Waals surface area contributed by atoms with E-state index in [1.165, 1.54) is 6.26 Å². The Morgan fingerprint density at radius 3 is 2.32 bits per heavy atom. The highest BCUT2D eigenvalue weighted by Crippen LogP contribution is 2.28. The van der Waals surface area contributed by atoms with Gasteiger partial charge in [0.15, 0.2) is 0 Å². The van der Waals surface area contributed by atoms with Crippen LogP contribution in [0.4, 0.5) is 0 Å². The number of hydrogen-bond acceptors (Lipinski definition) is 4. The molecule has 114 valence electrons. The van der Waals surface area contributed by atoms with E-state index in [4.69, 9.17) is 0 Å². The molecule has 0 amide bonds. The van der Waals surface area contributed by atoms with Crippen LogP contribution < -0.4 is 5.32 Å². The van der Waals surface area contributed by atoms with Crippen molar-refractivity contribution in [2.24, 2.45) is 5.92 Å². The van der Waals surface area contributed by atoms with Gasteiger partial charge in [0.1, 0.15) is 9.84 Å². The van der Waals surface area contributed by atoms with Crippen LogP contribution in [0.25, 0.3) is 0 Å². The minimum Gasteiger partial charge on any atom is -0.311 e. The predicted molar refractivity (Wildman–Crippen MR) is 81.2 cm³/mol. The summed E-state index contributed by atoms with van der Waals surface area (Å²) in [5, 5.41) is 3.65. The molecule has 5 heteroatoms. The molecule has 1 fully saturated rings. The molecule has 1 atom stereocenters. The first-order chi connectivity index (χ1) is 8.74. The molecule has 0 spiro atoms. The standard InChI is InChI=1S/C14H30N2O2S/c1-6-14(7-2)11-15-13(12(3)4)10-16(14)8-9-19(5,17)18/h12-13,15H,6-11H2,1-5H3. The zero-order valence-corrected chi connectivity index (χ0v) is 13.9. The third kappa shape index (κ3) is 4.43. The maximum absolute atomic E-state index is 11.4. The van der Waals surface area contributed by atoms with Gasteiger partial charge in [0.2, 0.25) is 0 Å². The molecule has 1 unspecified atom stereocenters. The predicted octanol–water partition coefficient (Wildman–Crippen LogP) is 1.52. The Morgan fingerprint density at radius 2 is 1.89 bits per heavy atom. The average molecular weight is 290 g/mol. The largest absolute Gasteiger partial charge is 0.311 e. The van der Waals surface area contributed by atoms with Crippen molar-refractivity contribution in [1.29, 1.82) is 0 Å². The lowest BCUT2D eigenvalue weighted by Gasteiger charge is -2.50. The second-order valence-electron chi connectivity index (χ2n) is 6.24. The molecular weight excluding hydrogens is 260 g/mol. The van der Waals surface area contributed by atoms with Crippen LogP contribution in [0.2, 0.25) is 0 Å². The maximum Gasteiger partial charge on any atom is 0.148 e. The lowest BCUT2D eigenvalue weighted by Crippen LogP contribution is -2.65. The second kappa shape index (κ2) is 6.55. The lowest BCUT2D eigenvalue weighted by atomic mass is 9.85. The Morgan fingerprint density at radius 1 is 1.32 bits per heavy atom. The van der Waals surface area contributed by atoms with Crippen molar-refractivity contribution in [2.45, 2.75) is 52.1 Å². The minimum atomic E-state index is -2.89. The minimum absolute atomic E-state index is 0.121. The van der Waals surface area contributed by atoms with Crippen molar-refractivity contribution in [1.82, 2.24) is 10.2 Å². The topological polar surface area (TPSA) is 49.4 Å². The van der Waals surface area contributed by atoms with Crippen molar-refractivity contribution in [3.63, 3.8) is 0 Å². The van der Waals surface area contributed by atoms with Gasteiger partial charge in [-0.2, -0.15) is 0 Å². The number of sulfone groups is 1. The zero-order chi connectivity index (χ0) is 14.7. The highest BCUT2D eigenvalue weighted by molar-refractivity contribution is 7.90. The van der Waals surface area contributed by atoms with E-state index < -0.39 is 9.84 Å². The first kappa shape index (κ1) is 16.9. The summed E-state index contributed by atoms with van der Waals surface area (Å²) in [5.41, 5.74) is 0.121. The molecule has 1 heterocycles. The van der Waals surface area contributed by atoms with E-state index in [1.54, 1.807) is 0 Å².